The molecule has 92 valence electrons. The number of rotatable bonds is 1. The largest absolute Gasteiger partial charge is 0.475 e. The van der Waals surface area contributed by atoms with Gasteiger partial charge in [0.1, 0.15) is 5.54 Å². The van der Waals surface area contributed by atoms with Crippen LogP contribution in [0.1, 0.15) is 22.0 Å². The summed E-state index contributed by atoms with van der Waals surface area (Å²) >= 11 is 0. The number of fused-ring (bicyclic) bond motifs is 2. The lowest BCUT2D eigenvalue weighted by Gasteiger charge is -2.49. The Morgan fingerprint density at radius 2 is 2.18 bits per heavy atom. The van der Waals surface area contributed by atoms with Crippen molar-refractivity contribution in [2.75, 3.05) is 26.8 Å². The molecule has 6 nitrogen and oxygen atoms in total. The summed E-state index contributed by atoms with van der Waals surface area (Å²) in [5, 5.41) is 9.11. The minimum Gasteiger partial charge on any atom is -0.475 e. The minimum atomic E-state index is -0.972. The van der Waals surface area contributed by atoms with Crippen LogP contribution in [0.15, 0.2) is 0 Å². The zero-order valence-electron chi connectivity index (χ0n) is 9.93. The molecule has 0 bridgehead atoms. The zero-order valence-corrected chi connectivity index (χ0v) is 9.93. The summed E-state index contributed by atoms with van der Waals surface area (Å²) in [5.41, 5.74) is 1.72. The molecular formula is C11H15N3O3. The summed E-state index contributed by atoms with van der Waals surface area (Å²) in [5.74, 6) is -0.850. The van der Waals surface area contributed by atoms with Crippen LogP contribution < -0.4 is 0 Å². The highest BCUT2D eigenvalue weighted by Crippen LogP contribution is 2.39. The van der Waals surface area contributed by atoms with Gasteiger partial charge in [-0.3, -0.25) is 4.90 Å². The molecule has 0 radical (unpaired) electrons. The number of aromatic carboxylic acids is 1. The predicted molar refractivity (Wildman–Crippen MR) is 59.0 cm³/mol. The van der Waals surface area contributed by atoms with E-state index in [9.17, 15) is 4.79 Å². The van der Waals surface area contributed by atoms with Gasteiger partial charge in [0.15, 0.2) is 0 Å². The third kappa shape index (κ3) is 1.22. The van der Waals surface area contributed by atoms with Gasteiger partial charge in [0.05, 0.1) is 18.9 Å². The van der Waals surface area contributed by atoms with E-state index in [0.29, 0.717) is 13.2 Å². The lowest BCUT2D eigenvalue weighted by Crippen LogP contribution is -2.61. The van der Waals surface area contributed by atoms with Gasteiger partial charge in [-0.05, 0) is 7.05 Å². The Kier molecular flexibility index (Phi) is 2.08. The molecule has 1 aromatic rings. The molecule has 2 aliphatic heterocycles. The molecule has 0 unspecified atom stereocenters. The van der Waals surface area contributed by atoms with Crippen LogP contribution >= 0.6 is 0 Å². The maximum Gasteiger partial charge on any atom is 0.372 e. The topological polar surface area (TPSA) is 67.6 Å². The molecule has 0 atom stereocenters. The van der Waals surface area contributed by atoms with Crippen molar-refractivity contribution in [2.45, 2.75) is 12.0 Å². The number of ether oxygens (including phenoxy) is 1. The van der Waals surface area contributed by atoms with Crippen LogP contribution in [0, 0.1) is 0 Å². The molecule has 1 fully saturated rings. The van der Waals surface area contributed by atoms with Crippen LogP contribution in [0.2, 0.25) is 0 Å². The van der Waals surface area contributed by atoms with Crippen molar-refractivity contribution in [1.82, 2.24) is 14.5 Å². The van der Waals surface area contributed by atoms with Crippen molar-refractivity contribution in [3.8, 4) is 0 Å². The summed E-state index contributed by atoms with van der Waals surface area (Å²) < 4.78 is 7.01. The lowest BCUT2D eigenvalue weighted by atomic mass is 9.86. The Morgan fingerprint density at radius 1 is 1.47 bits per heavy atom. The van der Waals surface area contributed by atoms with Crippen molar-refractivity contribution < 1.29 is 14.6 Å². The number of aromatic nitrogens is 2. The van der Waals surface area contributed by atoms with Crippen LogP contribution in [0.5, 0.6) is 0 Å². The van der Waals surface area contributed by atoms with Gasteiger partial charge in [-0.25, -0.2) is 9.78 Å². The van der Waals surface area contributed by atoms with Crippen LogP contribution in [0.25, 0.3) is 0 Å². The van der Waals surface area contributed by atoms with E-state index in [0.717, 1.165) is 24.4 Å². The van der Waals surface area contributed by atoms with E-state index in [1.165, 1.54) is 0 Å². The standard InChI is InChI=1S/C11H15N3O3/c1-13-4-3-7-8(11(13)5-17-6-11)12-9(10(15)16)14(7)2/h3-6H2,1-2H3,(H,15,16). The van der Waals surface area contributed by atoms with Gasteiger partial charge in [0.2, 0.25) is 5.82 Å². The molecule has 1 spiro atoms. The second-order valence-electron chi connectivity index (χ2n) is 4.79. The Balaban J connectivity index is 2.16. The highest BCUT2D eigenvalue weighted by atomic mass is 16.5. The van der Waals surface area contributed by atoms with Crippen LogP contribution in [0.4, 0.5) is 0 Å². The summed E-state index contributed by atoms with van der Waals surface area (Å²) in [7, 11) is 3.81. The first kappa shape index (κ1) is 10.7. The monoisotopic (exact) mass is 237 g/mol. The molecule has 1 aromatic heterocycles. The highest BCUT2D eigenvalue weighted by molar-refractivity contribution is 5.84. The van der Waals surface area contributed by atoms with Crippen LogP contribution in [-0.2, 0) is 23.7 Å². The first-order chi connectivity index (χ1) is 8.06. The number of carboxylic acids is 1. The van der Waals surface area contributed by atoms with E-state index < -0.39 is 5.97 Å². The molecule has 0 aromatic carbocycles. The quantitative estimate of drug-likeness (QED) is 0.734. The summed E-state index contributed by atoms with van der Waals surface area (Å²) in [6, 6.07) is 0. The maximum atomic E-state index is 11.1. The van der Waals surface area contributed by atoms with E-state index in [1.54, 1.807) is 11.6 Å². The van der Waals surface area contributed by atoms with Crippen molar-refractivity contribution in [2.24, 2.45) is 7.05 Å². The number of likely N-dealkylation sites (N-methyl/N-ethyl adjacent to an activating group) is 1. The highest BCUT2D eigenvalue weighted by Gasteiger charge is 2.50. The molecule has 0 amide bonds. The molecule has 1 saturated heterocycles. The first-order valence-corrected chi connectivity index (χ1v) is 5.64. The van der Waals surface area contributed by atoms with Crippen LogP contribution in [-0.4, -0.2) is 52.3 Å². The summed E-state index contributed by atoms with van der Waals surface area (Å²) in [4.78, 5) is 17.6. The Morgan fingerprint density at radius 3 is 2.71 bits per heavy atom. The van der Waals surface area contributed by atoms with Gasteiger partial charge in [-0.15, -0.1) is 0 Å². The third-order valence-electron chi connectivity index (χ3n) is 3.94. The Labute approximate surface area is 98.8 Å². The van der Waals surface area contributed by atoms with E-state index in [2.05, 4.69) is 9.88 Å². The third-order valence-corrected chi connectivity index (χ3v) is 3.94. The van der Waals surface area contributed by atoms with Crippen LogP contribution in [0.3, 0.4) is 0 Å². The molecule has 6 heteroatoms. The zero-order chi connectivity index (χ0) is 12.2. The van der Waals surface area contributed by atoms with Gasteiger partial charge < -0.3 is 14.4 Å². The van der Waals surface area contributed by atoms with Crippen molar-refractivity contribution in [1.29, 1.82) is 0 Å². The fourth-order valence-corrected chi connectivity index (χ4v) is 2.70. The first-order valence-electron chi connectivity index (χ1n) is 5.64. The summed E-state index contributed by atoms with van der Waals surface area (Å²) in [6.45, 7) is 2.12. The van der Waals surface area contributed by atoms with Gasteiger partial charge in [0, 0.05) is 25.7 Å². The van der Waals surface area contributed by atoms with Gasteiger partial charge in [0.25, 0.3) is 0 Å². The number of hydrogen-bond donors (Lipinski definition) is 1. The second-order valence-corrected chi connectivity index (χ2v) is 4.79. The maximum absolute atomic E-state index is 11.1. The van der Waals surface area contributed by atoms with Crippen molar-refractivity contribution in [3.63, 3.8) is 0 Å². The number of carboxylic acid groups (broad SMARTS) is 1. The number of hydrogen-bond acceptors (Lipinski definition) is 4. The van der Waals surface area contributed by atoms with Gasteiger partial charge >= 0.3 is 5.97 Å². The fraction of sp³-hybridized carbons (Fsp3) is 0.636. The average Bonchev–Trinajstić information content (AvgIpc) is 2.54. The molecule has 0 aliphatic carbocycles. The molecule has 1 N–H and O–H groups in total. The van der Waals surface area contributed by atoms with Gasteiger partial charge in [-0.2, -0.15) is 0 Å². The Bertz CT molecular complexity index is 490. The number of carbonyl (C=O) groups is 1. The normalized spacial score (nSPS) is 22.2. The van der Waals surface area contributed by atoms with E-state index >= 15 is 0 Å². The smallest absolute Gasteiger partial charge is 0.372 e. The van der Waals surface area contributed by atoms with E-state index in [4.69, 9.17) is 9.84 Å². The minimum absolute atomic E-state index is 0.122. The van der Waals surface area contributed by atoms with Gasteiger partial charge in [-0.1, -0.05) is 0 Å². The molecule has 17 heavy (non-hydrogen) atoms. The predicted octanol–water partition coefficient (Wildman–Crippen LogP) is -0.168. The van der Waals surface area contributed by atoms with E-state index in [1.807, 2.05) is 7.05 Å². The number of nitrogens with zero attached hydrogens (tertiary/aromatic N) is 3. The average molecular weight is 237 g/mol. The molecular weight excluding hydrogens is 222 g/mol. The molecule has 2 aliphatic rings. The molecule has 0 saturated carbocycles. The molecule has 3 heterocycles. The summed E-state index contributed by atoms with van der Waals surface area (Å²) in [6.07, 6.45) is 0.838. The van der Waals surface area contributed by atoms with E-state index in [-0.39, 0.29) is 11.4 Å². The van der Waals surface area contributed by atoms with Crippen molar-refractivity contribution >= 4 is 5.97 Å². The SMILES string of the molecule is CN1CCc2c(nc(C(=O)O)n2C)C12COC2. The fourth-order valence-electron chi connectivity index (χ4n) is 2.70. The lowest BCUT2D eigenvalue weighted by molar-refractivity contribution is -0.145. The molecule has 3 rings (SSSR count). The number of imidazole rings is 1. The second kappa shape index (κ2) is 3.30. The Hall–Kier alpha value is -1.40. The van der Waals surface area contributed by atoms with Crippen molar-refractivity contribution in [3.05, 3.63) is 17.2 Å².